The van der Waals surface area contributed by atoms with Crippen molar-refractivity contribution < 1.29 is 4.79 Å². The number of nitrogens with zero attached hydrogens (tertiary/aromatic N) is 4. The van der Waals surface area contributed by atoms with Gasteiger partial charge in [-0.25, -0.2) is 9.97 Å². The molecule has 1 aliphatic rings. The summed E-state index contributed by atoms with van der Waals surface area (Å²) in [6.45, 7) is 2.99. The summed E-state index contributed by atoms with van der Waals surface area (Å²) in [5.74, 6) is 0.575. The molecule has 0 spiro atoms. The molecule has 0 saturated carbocycles. The fraction of sp³-hybridized carbons (Fsp3) is 0.368. The lowest BCUT2D eigenvalue weighted by Gasteiger charge is -2.33. The van der Waals surface area contributed by atoms with E-state index in [1.165, 1.54) is 29.7 Å². The van der Waals surface area contributed by atoms with E-state index < -0.39 is 0 Å². The van der Waals surface area contributed by atoms with Gasteiger partial charge < -0.3 is 4.90 Å². The Morgan fingerprint density at radius 2 is 2.11 bits per heavy atom. The molecule has 3 heterocycles. The number of benzene rings is 1. The van der Waals surface area contributed by atoms with Crippen LogP contribution in [-0.2, 0) is 4.79 Å². The second-order valence-electron chi connectivity index (χ2n) is 6.62. The molecule has 1 aromatic carbocycles. The molecule has 0 N–H and O–H groups in total. The van der Waals surface area contributed by atoms with Gasteiger partial charge in [0, 0.05) is 23.2 Å². The summed E-state index contributed by atoms with van der Waals surface area (Å²) in [5, 5.41) is 1.50. The first-order chi connectivity index (χ1) is 13.1. The van der Waals surface area contributed by atoms with Crippen molar-refractivity contribution >= 4 is 51.0 Å². The molecule has 0 aliphatic carbocycles. The third-order valence-corrected chi connectivity index (χ3v) is 7.00. The van der Waals surface area contributed by atoms with Crippen LogP contribution >= 0.6 is 34.9 Å². The maximum atomic E-state index is 12.6. The molecule has 2 aromatic heterocycles. The highest BCUT2D eigenvalue weighted by Gasteiger charge is 2.23. The van der Waals surface area contributed by atoms with E-state index in [1.807, 2.05) is 29.2 Å². The van der Waals surface area contributed by atoms with Crippen molar-refractivity contribution in [2.45, 2.75) is 37.3 Å². The minimum Gasteiger partial charge on any atom is -0.339 e. The third kappa shape index (κ3) is 3.95. The average molecular weight is 419 g/mol. The van der Waals surface area contributed by atoms with E-state index in [4.69, 9.17) is 11.6 Å². The SMILES string of the molecule is CC1CCCCN1C(=O)CSc1ncnc2c(-c3ccc(Cl)cc3)nsc12. The monoisotopic (exact) mass is 418 g/mol. The summed E-state index contributed by atoms with van der Waals surface area (Å²) < 4.78 is 5.50. The van der Waals surface area contributed by atoms with Crippen molar-refractivity contribution in [1.82, 2.24) is 19.2 Å². The molecule has 1 saturated heterocycles. The Balaban J connectivity index is 1.54. The Morgan fingerprint density at radius 3 is 2.89 bits per heavy atom. The lowest BCUT2D eigenvalue weighted by Crippen LogP contribution is -2.42. The molecule has 1 amide bonds. The number of hydrogen-bond donors (Lipinski definition) is 0. The topological polar surface area (TPSA) is 59.0 Å². The van der Waals surface area contributed by atoms with E-state index in [-0.39, 0.29) is 5.91 Å². The Labute approximate surface area is 171 Å². The van der Waals surface area contributed by atoms with E-state index in [9.17, 15) is 4.79 Å². The van der Waals surface area contributed by atoms with Crippen LogP contribution in [0.5, 0.6) is 0 Å². The summed E-state index contributed by atoms with van der Waals surface area (Å²) in [5.41, 5.74) is 2.61. The Morgan fingerprint density at radius 1 is 1.30 bits per heavy atom. The van der Waals surface area contributed by atoms with E-state index in [2.05, 4.69) is 21.3 Å². The molecule has 1 atom stereocenters. The normalized spacial score (nSPS) is 17.4. The lowest BCUT2D eigenvalue weighted by molar-refractivity contribution is -0.131. The summed E-state index contributed by atoms with van der Waals surface area (Å²) in [6.07, 6.45) is 4.94. The predicted octanol–water partition coefficient (Wildman–Crippen LogP) is 4.90. The molecule has 140 valence electrons. The van der Waals surface area contributed by atoms with Crippen LogP contribution in [0.15, 0.2) is 35.6 Å². The van der Waals surface area contributed by atoms with Crippen LogP contribution < -0.4 is 0 Å². The smallest absolute Gasteiger partial charge is 0.233 e. The van der Waals surface area contributed by atoms with Crippen LogP contribution in [-0.4, -0.2) is 43.5 Å². The van der Waals surface area contributed by atoms with Gasteiger partial charge >= 0.3 is 0 Å². The van der Waals surface area contributed by atoms with Gasteiger partial charge in [-0.1, -0.05) is 35.5 Å². The number of thioether (sulfide) groups is 1. The Hall–Kier alpha value is -1.70. The van der Waals surface area contributed by atoms with Crippen LogP contribution in [0.1, 0.15) is 26.2 Å². The van der Waals surface area contributed by atoms with Gasteiger partial charge in [0.05, 0.1) is 5.75 Å². The lowest BCUT2D eigenvalue weighted by atomic mass is 10.0. The number of rotatable bonds is 4. The van der Waals surface area contributed by atoms with Crippen LogP contribution in [0.3, 0.4) is 0 Å². The highest BCUT2D eigenvalue weighted by Crippen LogP contribution is 2.35. The zero-order valence-corrected chi connectivity index (χ0v) is 17.3. The van der Waals surface area contributed by atoms with Gasteiger partial charge in [-0.3, -0.25) is 4.79 Å². The van der Waals surface area contributed by atoms with E-state index >= 15 is 0 Å². The van der Waals surface area contributed by atoms with Gasteiger partial charge in [-0.2, -0.15) is 4.37 Å². The average Bonchev–Trinajstić information content (AvgIpc) is 3.12. The number of hydrogen-bond acceptors (Lipinski definition) is 6. The second kappa shape index (κ2) is 8.12. The fourth-order valence-corrected chi connectivity index (χ4v) is 5.26. The van der Waals surface area contributed by atoms with Gasteiger partial charge in [-0.15, -0.1) is 0 Å². The van der Waals surface area contributed by atoms with E-state index in [1.54, 1.807) is 6.33 Å². The highest BCUT2D eigenvalue weighted by atomic mass is 35.5. The number of fused-ring (bicyclic) bond motifs is 1. The van der Waals surface area contributed by atoms with Crippen LogP contribution in [0, 0.1) is 0 Å². The molecule has 0 radical (unpaired) electrons. The molecule has 1 fully saturated rings. The Bertz CT molecular complexity index is 960. The third-order valence-electron chi connectivity index (χ3n) is 4.80. The van der Waals surface area contributed by atoms with Crippen molar-refractivity contribution in [2.24, 2.45) is 0 Å². The molecule has 4 rings (SSSR count). The predicted molar refractivity (Wildman–Crippen MR) is 111 cm³/mol. The van der Waals surface area contributed by atoms with Gasteiger partial charge in [0.1, 0.15) is 27.3 Å². The van der Waals surface area contributed by atoms with E-state index in [0.29, 0.717) is 16.8 Å². The number of amides is 1. The summed E-state index contributed by atoms with van der Waals surface area (Å²) in [6, 6.07) is 7.89. The summed E-state index contributed by atoms with van der Waals surface area (Å²) in [4.78, 5) is 23.4. The Kier molecular flexibility index (Phi) is 5.61. The molecule has 5 nitrogen and oxygen atoms in total. The molecule has 8 heteroatoms. The maximum Gasteiger partial charge on any atom is 0.233 e. The second-order valence-corrected chi connectivity index (χ2v) is 8.79. The summed E-state index contributed by atoms with van der Waals surface area (Å²) >= 11 is 8.82. The van der Waals surface area contributed by atoms with Crippen LogP contribution in [0.2, 0.25) is 5.02 Å². The fourth-order valence-electron chi connectivity index (χ4n) is 3.32. The molecule has 1 unspecified atom stereocenters. The molecular weight excluding hydrogens is 400 g/mol. The number of likely N-dealkylation sites (tertiary alicyclic amines) is 1. The van der Waals surface area contributed by atoms with Gasteiger partial charge in [0.2, 0.25) is 5.91 Å². The van der Waals surface area contributed by atoms with E-state index in [0.717, 1.165) is 45.9 Å². The largest absolute Gasteiger partial charge is 0.339 e. The van der Waals surface area contributed by atoms with Crippen molar-refractivity contribution in [1.29, 1.82) is 0 Å². The number of aromatic nitrogens is 3. The van der Waals surface area contributed by atoms with Crippen molar-refractivity contribution in [2.75, 3.05) is 12.3 Å². The molecule has 3 aromatic rings. The molecule has 0 bridgehead atoms. The van der Waals surface area contributed by atoms with Crippen molar-refractivity contribution in [3.8, 4) is 11.3 Å². The first kappa shape index (κ1) is 18.7. The molecule has 1 aliphatic heterocycles. The van der Waals surface area contributed by atoms with Crippen LogP contribution in [0.25, 0.3) is 21.5 Å². The molecule has 27 heavy (non-hydrogen) atoms. The number of carbonyl (C=O) groups excluding carboxylic acids is 1. The zero-order valence-electron chi connectivity index (χ0n) is 14.9. The molecular formula is C19H19ClN4OS2. The minimum absolute atomic E-state index is 0.182. The van der Waals surface area contributed by atoms with Crippen molar-refractivity contribution in [3.63, 3.8) is 0 Å². The first-order valence-corrected chi connectivity index (χ1v) is 11.1. The van der Waals surface area contributed by atoms with Crippen LogP contribution in [0.4, 0.5) is 0 Å². The highest BCUT2D eigenvalue weighted by molar-refractivity contribution is 8.00. The number of halogens is 1. The summed E-state index contributed by atoms with van der Waals surface area (Å²) in [7, 11) is 0. The van der Waals surface area contributed by atoms with Gasteiger partial charge in [0.15, 0.2) is 0 Å². The number of carbonyl (C=O) groups is 1. The van der Waals surface area contributed by atoms with Gasteiger partial charge in [-0.05, 0) is 49.9 Å². The first-order valence-electron chi connectivity index (χ1n) is 8.92. The minimum atomic E-state index is 0.182. The van der Waals surface area contributed by atoms with Crippen molar-refractivity contribution in [3.05, 3.63) is 35.6 Å². The standard InChI is InChI=1S/C19H19ClN4OS2/c1-12-4-2-3-9-24(12)15(25)10-26-19-18-17(21-11-22-19)16(23-27-18)13-5-7-14(20)8-6-13/h5-8,11-12H,2-4,9-10H2,1H3. The zero-order chi connectivity index (χ0) is 18.8. The quantitative estimate of drug-likeness (QED) is 0.445. The van der Waals surface area contributed by atoms with Gasteiger partial charge in [0.25, 0.3) is 0 Å². The number of piperidine rings is 1. The maximum absolute atomic E-state index is 12.6.